The maximum Gasteiger partial charge on any atom is 0.161 e. The number of aromatic nitrogens is 2. The van der Waals surface area contributed by atoms with Crippen LogP contribution < -0.4 is 4.74 Å². The Hall–Kier alpha value is -1.13. The molecule has 0 spiro atoms. The van der Waals surface area contributed by atoms with E-state index < -0.39 is 0 Å². The molecular formula is C15H16BrClN2O. The van der Waals surface area contributed by atoms with Crippen LogP contribution in [-0.4, -0.2) is 17.1 Å². The molecule has 2 aromatic rings. The summed E-state index contributed by atoms with van der Waals surface area (Å²) in [4.78, 5) is 8.95. The molecule has 0 saturated carbocycles. The SMILES string of the molecule is COc1ccc(-c2nc(Cl)c(Br)c(CC(C)C)n2)cc1. The molecule has 0 atom stereocenters. The third-order valence-corrected chi connectivity index (χ3v) is 4.16. The van der Waals surface area contributed by atoms with Gasteiger partial charge in [-0.3, -0.25) is 0 Å². The molecule has 3 nitrogen and oxygen atoms in total. The van der Waals surface area contributed by atoms with Gasteiger partial charge < -0.3 is 4.74 Å². The number of rotatable bonds is 4. The van der Waals surface area contributed by atoms with Crippen LogP contribution >= 0.6 is 27.5 Å². The largest absolute Gasteiger partial charge is 0.497 e. The summed E-state index contributed by atoms with van der Waals surface area (Å²) in [6.07, 6.45) is 0.853. The number of nitrogens with zero attached hydrogens (tertiary/aromatic N) is 2. The van der Waals surface area contributed by atoms with Gasteiger partial charge in [-0.25, -0.2) is 9.97 Å². The van der Waals surface area contributed by atoms with Crippen molar-refractivity contribution < 1.29 is 4.74 Å². The predicted octanol–water partition coefficient (Wildman–Crippen LogP) is 4.77. The van der Waals surface area contributed by atoms with Gasteiger partial charge in [-0.15, -0.1) is 0 Å². The maximum atomic E-state index is 6.19. The molecule has 0 aliphatic carbocycles. The van der Waals surface area contributed by atoms with Gasteiger partial charge in [-0.1, -0.05) is 25.4 Å². The van der Waals surface area contributed by atoms with Crippen LogP contribution in [0.3, 0.4) is 0 Å². The van der Waals surface area contributed by atoms with E-state index in [-0.39, 0.29) is 0 Å². The molecule has 1 heterocycles. The summed E-state index contributed by atoms with van der Waals surface area (Å²) in [6.45, 7) is 4.30. The fourth-order valence-corrected chi connectivity index (χ4v) is 2.38. The summed E-state index contributed by atoms with van der Waals surface area (Å²) in [5.74, 6) is 1.94. The third-order valence-electron chi connectivity index (χ3n) is 2.83. The molecule has 20 heavy (non-hydrogen) atoms. The maximum absolute atomic E-state index is 6.19. The highest BCUT2D eigenvalue weighted by Crippen LogP contribution is 2.29. The van der Waals surface area contributed by atoms with E-state index in [1.54, 1.807) is 7.11 Å². The second-order valence-corrected chi connectivity index (χ2v) is 6.08. The Morgan fingerprint density at radius 1 is 1.20 bits per heavy atom. The van der Waals surface area contributed by atoms with E-state index >= 15 is 0 Å². The van der Waals surface area contributed by atoms with Crippen LogP contribution in [0.4, 0.5) is 0 Å². The summed E-state index contributed by atoms with van der Waals surface area (Å²) in [7, 11) is 1.64. The molecule has 2 rings (SSSR count). The van der Waals surface area contributed by atoms with Crippen molar-refractivity contribution in [3.05, 3.63) is 39.6 Å². The normalized spacial score (nSPS) is 10.9. The van der Waals surface area contributed by atoms with Gasteiger partial charge in [-0.2, -0.15) is 0 Å². The summed E-state index contributed by atoms with van der Waals surface area (Å²) >= 11 is 9.65. The molecule has 1 aromatic heterocycles. The van der Waals surface area contributed by atoms with E-state index in [0.717, 1.165) is 27.9 Å². The molecule has 0 bridgehead atoms. The monoisotopic (exact) mass is 354 g/mol. The van der Waals surface area contributed by atoms with Gasteiger partial charge in [-0.05, 0) is 52.5 Å². The standard InChI is InChI=1S/C15H16BrClN2O/c1-9(2)8-12-13(16)14(17)19-15(18-12)10-4-6-11(20-3)7-5-10/h4-7,9H,8H2,1-3H3. The van der Waals surface area contributed by atoms with E-state index in [0.29, 0.717) is 16.9 Å². The van der Waals surface area contributed by atoms with Crippen LogP contribution in [0.2, 0.25) is 5.15 Å². The van der Waals surface area contributed by atoms with E-state index in [9.17, 15) is 0 Å². The fourth-order valence-electron chi connectivity index (χ4n) is 1.85. The van der Waals surface area contributed by atoms with Crippen molar-refractivity contribution in [2.24, 2.45) is 5.92 Å². The number of benzene rings is 1. The summed E-state index contributed by atoms with van der Waals surface area (Å²) in [6, 6.07) is 7.63. The van der Waals surface area contributed by atoms with Crippen LogP contribution in [0.1, 0.15) is 19.5 Å². The van der Waals surface area contributed by atoms with Crippen LogP contribution in [0.25, 0.3) is 11.4 Å². The van der Waals surface area contributed by atoms with Gasteiger partial charge in [0, 0.05) is 5.56 Å². The Kier molecular flexibility index (Phi) is 5.00. The van der Waals surface area contributed by atoms with Crippen molar-refractivity contribution in [3.63, 3.8) is 0 Å². The highest BCUT2D eigenvalue weighted by atomic mass is 79.9. The van der Waals surface area contributed by atoms with E-state index in [1.807, 2.05) is 24.3 Å². The van der Waals surface area contributed by atoms with Gasteiger partial charge in [0.2, 0.25) is 0 Å². The smallest absolute Gasteiger partial charge is 0.161 e. The first kappa shape index (κ1) is 15.3. The van der Waals surface area contributed by atoms with Crippen molar-refractivity contribution in [3.8, 4) is 17.1 Å². The quantitative estimate of drug-likeness (QED) is 0.741. The average Bonchev–Trinajstić information content (AvgIpc) is 2.43. The first-order valence-electron chi connectivity index (χ1n) is 6.37. The Bertz CT molecular complexity index is 600. The average molecular weight is 356 g/mol. The van der Waals surface area contributed by atoms with Crippen molar-refractivity contribution in [2.75, 3.05) is 7.11 Å². The summed E-state index contributed by atoms with van der Waals surface area (Å²) in [5.41, 5.74) is 1.86. The third kappa shape index (κ3) is 3.49. The van der Waals surface area contributed by atoms with Gasteiger partial charge in [0.1, 0.15) is 10.9 Å². The van der Waals surface area contributed by atoms with Gasteiger partial charge in [0.25, 0.3) is 0 Å². The molecule has 1 aromatic carbocycles. The van der Waals surface area contributed by atoms with E-state index in [1.165, 1.54) is 0 Å². The van der Waals surface area contributed by atoms with Crippen LogP contribution in [-0.2, 0) is 6.42 Å². The van der Waals surface area contributed by atoms with Crippen molar-refractivity contribution in [2.45, 2.75) is 20.3 Å². The predicted molar refractivity (Wildman–Crippen MR) is 85.3 cm³/mol. The Morgan fingerprint density at radius 3 is 2.40 bits per heavy atom. The highest BCUT2D eigenvalue weighted by Gasteiger charge is 2.13. The van der Waals surface area contributed by atoms with Gasteiger partial charge in [0.15, 0.2) is 5.82 Å². The molecule has 0 aliphatic rings. The van der Waals surface area contributed by atoms with E-state index in [2.05, 4.69) is 39.7 Å². The Balaban J connectivity index is 2.42. The molecular weight excluding hydrogens is 340 g/mol. The van der Waals surface area contributed by atoms with Crippen LogP contribution in [0, 0.1) is 5.92 Å². The highest BCUT2D eigenvalue weighted by molar-refractivity contribution is 9.10. The zero-order valence-corrected chi connectivity index (χ0v) is 14.0. The molecule has 0 fully saturated rings. The first-order chi connectivity index (χ1) is 9.51. The van der Waals surface area contributed by atoms with Crippen molar-refractivity contribution in [1.82, 2.24) is 9.97 Å². The second-order valence-electron chi connectivity index (χ2n) is 4.93. The number of halogens is 2. The van der Waals surface area contributed by atoms with Crippen molar-refractivity contribution >= 4 is 27.5 Å². The van der Waals surface area contributed by atoms with Crippen molar-refractivity contribution in [1.29, 1.82) is 0 Å². The molecule has 0 unspecified atom stereocenters. The first-order valence-corrected chi connectivity index (χ1v) is 7.54. The lowest BCUT2D eigenvalue weighted by atomic mass is 10.1. The number of ether oxygens (including phenoxy) is 1. The molecule has 0 saturated heterocycles. The molecule has 0 radical (unpaired) electrons. The van der Waals surface area contributed by atoms with Crippen LogP contribution in [0.5, 0.6) is 5.75 Å². The number of methoxy groups -OCH3 is 1. The molecule has 0 aliphatic heterocycles. The Labute approximate surface area is 132 Å². The minimum Gasteiger partial charge on any atom is -0.497 e. The fraction of sp³-hybridized carbons (Fsp3) is 0.333. The minimum atomic E-state index is 0.446. The van der Waals surface area contributed by atoms with Gasteiger partial charge >= 0.3 is 0 Å². The lowest BCUT2D eigenvalue weighted by Gasteiger charge is -2.10. The molecule has 0 amide bonds. The Morgan fingerprint density at radius 2 is 1.85 bits per heavy atom. The van der Waals surface area contributed by atoms with Gasteiger partial charge in [0.05, 0.1) is 17.3 Å². The lowest BCUT2D eigenvalue weighted by molar-refractivity contribution is 0.415. The molecule has 106 valence electrons. The number of hydrogen-bond acceptors (Lipinski definition) is 3. The zero-order chi connectivity index (χ0) is 14.7. The second kappa shape index (κ2) is 6.55. The molecule has 5 heteroatoms. The zero-order valence-electron chi connectivity index (χ0n) is 11.7. The number of hydrogen-bond donors (Lipinski definition) is 0. The minimum absolute atomic E-state index is 0.446. The lowest BCUT2D eigenvalue weighted by Crippen LogP contribution is -2.02. The molecule has 0 N–H and O–H groups in total. The topological polar surface area (TPSA) is 35.0 Å². The summed E-state index contributed by atoms with van der Waals surface area (Å²) in [5, 5.41) is 0.446. The van der Waals surface area contributed by atoms with Crippen LogP contribution in [0.15, 0.2) is 28.7 Å². The van der Waals surface area contributed by atoms with E-state index in [4.69, 9.17) is 16.3 Å². The summed E-state index contributed by atoms with van der Waals surface area (Å²) < 4.78 is 5.93.